The van der Waals surface area contributed by atoms with E-state index in [4.69, 9.17) is 9.97 Å². The van der Waals surface area contributed by atoms with Gasteiger partial charge in [-0.15, -0.1) is 0 Å². The predicted octanol–water partition coefficient (Wildman–Crippen LogP) is 17.8. The Morgan fingerprint density at radius 3 is 1.48 bits per heavy atom. The Morgan fingerprint density at radius 2 is 0.767 bits per heavy atom. The van der Waals surface area contributed by atoms with E-state index in [-0.39, 0.29) is 0 Å². The smallest absolute Gasteiger partial charge is 0.235 e. The van der Waals surface area contributed by atoms with Crippen LogP contribution in [0.1, 0.15) is 0 Å². The molecule has 0 atom stereocenters. The molecule has 73 heavy (non-hydrogen) atoms. The van der Waals surface area contributed by atoms with Crippen LogP contribution in [0.15, 0.2) is 237 Å². The minimum atomic E-state index is 0.641. The molecule has 4 aromatic heterocycles. The van der Waals surface area contributed by atoms with Crippen LogP contribution in [-0.4, -0.2) is 23.7 Å². The first-order valence-electron chi connectivity index (χ1n) is 25.1. The fraction of sp³-hybridized carbons (Fsp3) is 0. The Bertz CT molecular complexity index is 5210. The van der Waals surface area contributed by atoms with E-state index < -0.39 is 0 Å². The Labute approximate surface area is 417 Å². The van der Waals surface area contributed by atoms with Crippen molar-refractivity contribution >= 4 is 130 Å². The summed E-state index contributed by atoms with van der Waals surface area (Å²) >= 11 is 0. The molecule has 17 rings (SSSR count). The SMILES string of the molecule is c1ccc(-n2c3ccccc3c3cc(-c4nc(-n5c6ccccc6c6c7cccc8c9cccc%10c9c(cc9c%10c%10ccccc%10n9-c9ccc%10ccccc%10c9)c(cc65)c87)nc5ccccc45)ccc32)cc1. The molecule has 17 aromatic rings. The molecule has 0 bridgehead atoms. The lowest BCUT2D eigenvalue weighted by molar-refractivity contribution is 1.01. The standard InChI is InChI=1S/C68H39N5/c1-2-18-43(19-3-1)71-57-29-11-7-20-45(57)53-37-42(33-35-60(53)71)67-48-21-6-10-28-56(48)69-68(70-67)73-59-31-13-9-23-50(59)66-52-27-15-25-47-46-24-14-26-51-63(46)54(55(64(47)52)39-62(66)73)38-61-65(51)49-22-8-12-30-58(49)72(61)44-34-32-40-16-4-5-17-41(40)36-44/h1-39H. The molecule has 0 spiro atoms. The molecule has 0 aliphatic carbocycles. The minimum absolute atomic E-state index is 0.641. The number of aromatic nitrogens is 5. The molecule has 0 amide bonds. The van der Waals surface area contributed by atoms with Crippen molar-refractivity contribution < 1.29 is 0 Å². The zero-order valence-corrected chi connectivity index (χ0v) is 39.3. The summed E-state index contributed by atoms with van der Waals surface area (Å²) in [6, 6.07) is 86.6. The molecular weight excluding hydrogens is 887 g/mol. The van der Waals surface area contributed by atoms with Crippen LogP contribution in [0.25, 0.3) is 159 Å². The Morgan fingerprint density at radius 1 is 0.247 bits per heavy atom. The molecule has 0 aliphatic rings. The van der Waals surface area contributed by atoms with Crippen LogP contribution in [0.2, 0.25) is 0 Å². The van der Waals surface area contributed by atoms with Gasteiger partial charge in [0.2, 0.25) is 5.95 Å². The van der Waals surface area contributed by atoms with E-state index in [0.29, 0.717) is 5.95 Å². The summed E-state index contributed by atoms with van der Waals surface area (Å²) in [4.78, 5) is 11.2. The van der Waals surface area contributed by atoms with E-state index in [1.165, 1.54) is 103 Å². The lowest BCUT2D eigenvalue weighted by Gasteiger charge is -2.17. The lowest BCUT2D eigenvalue weighted by atomic mass is 9.87. The van der Waals surface area contributed by atoms with Gasteiger partial charge >= 0.3 is 0 Å². The third-order valence-electron chi connectivity index (χ3n) is 15.9. The van der Waals surface area contributed by atoms with Crippen molar-refractivity contribution in [2.75, 3.05) is 0 Å². The molecule has 0 N–H and O–H groups in total. The van der Waals surface area contributed by atoms with Crippen LogP contribution in [-0.2, 0) is 0 Å². The van der Waals surface area contributed by atoms with Gasteiger partial charge in [0.1, 0.15) is 0 Å². The first-order valence-corrected chi connectivity index (χ1v) is 25.1. The maximum absolute atomic E-state index is 5.68. The summed E-state index contributed by atoms with van der Waals surface area (Å²) in [5.74, 6) is 0.641. The van der Waals surface area contributed by atoms with E-state index in [9.17, 15) is 0 Å². The molecular formula is C68H39N5. The largest absolute Gasteiger partial charge is 0.309 e. The highest BCUT2D eigenvalue weighted by Crippen LogP contribution is 2.49. The van der Waals surface area contributed by atoms with Crippen molar-refractivity contribution in [3.05, 3.63) is 237 Å². The summed E-state index contributed by atoms with van der Waals surface area (Å²) in [6.45, 7) is 0. The van der Waals surface area contributed by atoms with Gasteiger partial charge in [-0.3, -0.25) is 4.57 Å². The highest BCUT2D eigenvalue weighted by molar-refractivity contribution is 6.41. The number of fused-ring (bicyclic) bond motifs is 15. The summed E-state index contributed by atoms with van der Waals surface area (Å²) in [5.41, 5.74) is 12.0. The Hall–Kier alpha value is -9.84. The number of hydrogen-bond acceptors (Lipinski definition) is 2. The van der Waals surface area contributed by atoms with Crippen molar-refractivity contribution in [2.24, 2.45) is 0 Å². The molecule has 0 fully saturated rings. The van der Waals surface area contributed by atoms with Crippen molar-refractivity contribution in [1.29, 1.82) is 0 Å². The molecule has 5 nitrogen and oxygen atoms in total. The molecule has 0 unspecified atom stereocenters. The second-order valence-electron chi connectivity index (χ2n) is 19.6. The summed E-state index contributed by atoms with van der Waals surface area (Å²) in [5, 5.41) is 20.8. The van der Waals surface area contributed by atoms with Gasteiger partial charge in [0.25, 0.3) is 0 Å². The monoisotopic (exact) mass is 925 g/mol. The number of benzene rings is 13. The second kappa shape index (κ2) is 14.4. The minimum Gasteiger partial charge on any atom is -0.309 e. The van der Waals surface area contributed by atoms with Crippen LogP contribution >= 0.6 is 0 Å². The topological polar surface area (TPSA) is 40.6 Å². The highest BCUT2D eigenvalue weighted by Gasteiger charge is 2.25. The van der Waals surface area contributed by atoms with Gasteiger partial charge in [-0.25, -0.2) is 9.97 Å². The second-order valence-corrected chi connectivity index (χ2v) is 19.6. The predicted molar refractivity (Wildman–Crippen MR) is 307 cm³/mol. The Kier molecular flexibility index (Phi) is 7.67. The van der Waals surface area contributed by atoms with Crippen molar-refractivity contribution in [3.8, 4) is 28.6 Å². The van der Waals surface area contributed by atoms with Gasteiger partial charge in [-0.2, -0.15) is 0 Å². The average molecular weight is 926 g/mol. The first kappa shape index (κ1) is 38.9. The average Bonchev–Trinajstić information content (AvgIpc) is 4.10. The fourth-order valence-electron chi connectivity index (χ4n) is 12.9. The molecule has 0 radical (unpaired) electrons. The van der Waals surface area contributed by atoms with E-state index in [0.717, 1.165) is 50.1 Å². The normalized spacial score (nSPS) is 12.4. The number of nitrogens with zero attached hydrogens (tertiary/aromatic N) is 5. The molecule has 4 heterocycles. The number of hydrogen-bond donors (Lipinski definition) is 0. The summed E-state index contributed by atoms with van der Waals surface area (Å²) in [7, 11) is 0. The van der Waals surface area contributed by atoms with Crippen LogP contribution in [0, 0.1) is 0 Å². The van der Waals surface area contributed by atoms with Crippen molar-refractivity contribution in [2.45, 2.75) is 0 Å². The van der Waals surface area contributed by atoms with E-state index in [1.807, 2.05) is 0 Å². The van der Waals surface area contributed by atoms with Crippen LogP contribution in [0.4, 0.5) is 0 Å². The quantitative estimate of drug-likeness (QED) is 0.130. The third kappa shape index (κ3) is 5.24. The molecule has 0 saturated heterocycles. The number of rotatable bonds is 4. The van der Waals surface area contributed by atoms with Gasteiger partial charge in [0.15, 0.2) is 0 Å². The van der Waals surface area contributed by atoms with Crippen LogP contribution in [0.3, 0.4) is 0 Å². The Balaban J connectivity index is 0.979. The van der Waals surface area contributed by atoms with Gasteiger partial charge in [-0.1, -0.05) is 164 Å². The van der Waals surface area contributed by atoms with Gasteiger partial charge in [0, 0.05) is 54.6 Å². The molecule has 0 saturated carbocycles. The van der Waals surface area contributed by atoms with Gasteiger partial charge in [-0.05, 0) is 127 Å². The van der Waals surface area contributed by atoms with Crippen molar-refractivity contribution in [3.63, 3.8) is 0 Å². The van der Waals surface area contributed by atoms with Gasteiger partial charge < -0.3 is 9.13 Å². The molecule has 0 aliphatic heterocycles. The zero-order valence-electron chi connectivity index (χ0n) is 39.3. The van der Waals surface area contributed by atoms with E-state index in [2.05, 4.69) is 250 Å². The van der Waals surface area contributed by atoms with Crippen molar-refractivity contribution in [1.82, 2.24) is 23.7 Å². The van der Waals surface area contributed by atoms with Gasteiger partial charge in [0.05, 0.1) is 44.3 Å². The fourth-order valence-corrected chi connectivity index (χ4v) is 12.9. The maximum Gasteiger partial charge on any atom is 0.235 e. The molecule has 336 valence electrons. The molecule has 5 heteroatoms. The first-order chi connectivity index (χ1) is 36.2. The highest BCUT2D eigenvalue weighted by atomic mass is 15.2. The summed E-state index contributed by atoms with van der Waals surface area (Å²) < 4.78 is 7.17. The molecule has 13 aromatic carbocycles. The van der Waals surface area contributed by atoms with E-state index >= 15 is 0 Å². The zero-order chi connectivity index (χ0) is 47.5. The maximum atomic E-state index is 5.68. The third-order valence-corrected chi connectivity index (χ3v) is 15.9. The number of para-hydroxylation sites is 5. The summed E-state index contributed by atoms with van der Waals surface area (Å²) in [6.07, 6.45) is 0. The van der Waals surface area contributed by atoms with Crippen LogP contribution in [0.5, 0.6) is 0 Å². The van der Waals surface area contributed by atoms with E-state index in [1.54, 1.807) is 0 Å². The lowest BCUT2D eigenvalue weighted by Crippen LogP contribution is -2.03. The van der Waals surface area contributed by atoms with Crippen LogP contribution < -0.4 is 0 Å².